The summed E-state index contributed by atoms with van der Waals surface area (Å²) in [4.78, 5) is 2.53. The van der Waals surface area contributed by atoms with E-state index in [1.165, 1.54) is 19.4 Å². The molecule has 1 saturated carbocycles. The highest BCUT2D eigenvalue weighted by Crippen LogP contribution is 2.41. The molecule has 0 aromatic rings. The summed E-state index contributed by atoms with van der Waals surface area (Å²) < 4.78 is 0. The van der Waals surface area contributed by atoms with Gasteiger partial charge in [-0.1, -0.05) is 6.92 Å². The molecule has 3 atom stereocenters. The van der Waals surface area contributed by atoms with E-state index in [1.807, 2.05) is 0 Å². The lowest BCUT2D eigenvalue weighted by Crippen LogP contribution is -2.28. The summed E-state index contributed by atoms with van der Waals surface area (Å²) in [5, 5.41) is 0. The van der Waals surface area contributed by atoms with Crippen molar-refractivity contribution in [3.8, 4) is 0 Å². The van der Waals surface area contributed by atoms with Gasteiger partial charge in [-0.25, -0.2) is 0 Å². The summed E-state index contributed by atoms with van der Waals surface area (Å²) in [6.45, 7) is 3.78. The highest BCUT2D eigenvalue weighted by atomic mass is 15.2. The van der Waals surface area contributed by atoms with Crippen molar-refractivity contribution >= 4 is 0 Å². The molecule has 1 heterocycles. The quantitative estimate of drug-likeness (QED) is 0.472. The summed E-state index contributed by atoms with van der Waals surface area (Å²) in [7, 11) is 2.26. The van der Waals surface area contributed by atoms with Gasteiger partial charge in [0, 0.05) is 12.6 Å². The van der Waals surface area contributed by atoms with Gasteiger partial charge in [0.25, 0.3) is 0 Å². The Hall–Kier alpha value is -0.0400. The van der Waals surface area contributed by atoms with Crippen molar-refractivity contribution in [3.05, 3.63) is 0 Å². The van der Waals surface area contributed by atoms with E-state index in [2.05, 4.69) is 18.9 Å². The van der Waals surface area contributed by atoms with Gasteiger partial charge < -0.3 is 4.90 Å². The smallest absolute Gasteiger partial charge is 0.0121 e. The van der Waals surface area contributed by atoms with Crippen molar-refractivity contribution in [3.63, 3.8) is 0 Å². The predicted octanol–water partition coefficient (Wildman–Crippen LogP) is 1.35. The van der Waals surface area contributed by atoms with Crippen LogP contribution in [0.15, 0.2) is 0 Å². The standard InChI is InChI=1S/C8H15N/c1-6-7-3-4-8(6)9(2)5-7/h6-8H,3-5H2,1-2H3/t6-,7+,8+/m0/s1. The fourth-order valence-electron chi connectivity index (χ4n) is 2.61. The van der Waals surface area contributed by atoms with Gasteiger partial charge in [0.05, 0.1) is 0 Å². The number of hydrogen-bond donors (Lipinski definition) is 0. The topological polar surface area (TPSA) is 3.24 Å². The van der Waals surface area contributed by atoms with Crippen LogP contribution in [0.5, 0.6) is 0 Å². The maximum absolute atomic E-state index is 2.53. The molecule has 0 radical (unpaired) electrons. The third-order valence-corrected chi connectivity index (χ3v) is 3.27. The monoisotopic (exact) mass is 125 g/mol. The second-order valence-corrected chi connectivity index (χ2v) is 3.70. The highest BCUT2D eigenvalue weighted by Gasteiger charge is 2.41. The zero-order valence-electron chi connectivity index (χ0n) is 6.30. The molecule has 2 fully saturated rings. The molecule has 1 aliphatic heterocycles. The van der Waals surface area contributed by atoms with Gasteiger partial charge in [0.15, 0.2) is 0 Å². The first-order valence-corrected chi connectivity index (χ1v) is 3.99. The second-order valence-electron chi connectivity index (χ2n) is 3.70. The maximum Gasteiger partial charge on any atom is 0.0121 e. The number of rotatable bonds is 0. The van der Waals surface area contributed by atoms with Crippen LogP contribution in [0.2, 0.25) is 0 Å². The number of nitrogens with zero attached hydrogens (tertiary/aromatic N) is 1. The van der Waals surface area contributed by atoms with Crippen LogP contribution in [0.4, 0.5) is 0 Å². The molecule has 0 aromatic carbocycles. The SMILES string of the molecule is C[C@H]1[C@@H]2CC[C@H]1N(C)C2. The average Bonchev–Trinajstić information content (AvgIpc) is 2.25. The average molecular weight is 125 g/mol. The summed E-state index contributed by atoms with van der Waals surface area (Å²) in [6, 6.07) is 0.940. The van der Waals surface area contributed by atoms with Crippen LogP contribution >= 0.6 is 0 Å². The largest absolute Gasteiger partial charge is 0.303 e. The third kappa shape index (κ3) is 0.644. The van der Waals surface area contributed by atoms with Crippen molar-refractivity contribution in [2.24, 2.45) is 11.8 Å². The summed E-state index contributed by atoms with van der Waals surface area (Å²) in [5.41, 5.74) is 0. The van der Waals surface area contributed by atoms with E-state index in [4.69, 9.17) is 0 Å². The van der Waals surface area contributed by atoms with E-state index in [0.717, 1.165) is 17.9 Å². The Balaban J connectivity index is 2.16. The number of fused-ring (bicyclic) bond motifs is 2. The first-order chi connectivity index (χ1) is 4.29. The van der Waals surface area contributed by atoms with Crippen LogP contribution in [-0.4, -0.2) is 24.5 Å². The van der Waals surface area contributed by atoms with Crippen LogP contribution < -0.4 is 0 Å². The van der Waals surface area contributed by atoms with Crippen molar-refractivity contribution in [1.29, 1.82) is 0 Å². The van der Waals surface area contributed by atoms with Crippen LogP contribution in [0, 0.1) is 11.8 Å². The van der Waals surface area contributed by atoms with E-state index in [9.17, 15) is 0 Å². The lowest BCUT2D eigenvalue weighted by atomic mass is 10.0. The third-order valence-electron chi connectivity index (χ3n) is 3.27. The molecule has 0 spiro atoms. The molecule has 0 N–H and O–H groups in total. The van der Waals surface area contributed by atoms with E-state index < -0.39 is 0 Å². The zero-order chi connectivity index (χ0) is 6.43. The molecule has 1 aliphatic carbocycles. The maximum atomic E-state index is 2.53. The minimum absolute atomic E-state index is 0.940. The molecule has 0 unspecified atom stereocenters. The van der Waals surface area contributed by atoms with Gasteiger partial charge in [0.2, 0.25) is 0 Å². The van der Waals surface area contributed by atoms with Crippen molar-refractivity contribution in [2.45, 2.75) is 25.8 Å². The van der Waals surface area contributed by atoms with E-state index in [-0.39, 0.29) is 0 Å². The van der Waals surface area contributed by atoms with Gasteiger partial charge in [-0.2, -0.15) is 0 Å². The molecule has 2 rings (SSSR count). The highest BCUT2D eigenvalue weighted by molar-refractivity contribution is 4.95. The molecule has 1 nitrogen and oxygen atoms in total. The Kier molecular flexibility index (Phi) is 1.10. The molecule has 0 amide bonds. The Morgan fingerprint density at radius 3 is 2.33 bits per heavy atom. The van der Waals surface area contributed by atoms with Crippen LogP contribution in [0.1, 0.15) is 19.8 Å². The van der Waals surface area contributed by atoms with E-state index in [0.29, 0.717) is 0 Å². The molecule has 1 heteroatoms. The minimum Gasteiger partial charge on any atom is -0.303 e. The lowest BCUT2D eigenvalue weighted by molar-refractivity contribution is 0.255. The molecule has 9 heavy (non-hydrogen) atoms. The fraction of sp³-hybridized carbons (Fsp3) is 1.00. The van der Waals surface area contributed by atoms with Gasteiger partial charge in [-0.3, -0.25) is 0 Å². The van der Waals surface area contributed by atoms with Crippen LogP contribution in [0.3, 0.4) is 0 Å². The number of hydrogen-bond acceptors (Lipinski definition) is 1. The summed E-state index contributed by atoms with van der Waals surface area (Å²) in [6.07, 6.45) is 2.96. The second kappa shape index (κ2) is 1.72. The molecule has 2 bridgehead atoms. The molecular weight excluding hydrogens is 110 g/mol. The van der Waals surface area contributed by atoms with Gasteiger partial charge >= 0.3 is 0 Å². The zero-order valence-corrected chi connectivity index (χ0v) is 6.30. The number of piperidine rings is 1. The molecule has 2 aliphatic rings. The van der Waals surface area contributed by atoms with Crippen molar-refractivity contribution in [2.75, 3.05) is 13.6 Å². The molecular formula is C8H15N. The predicted molar refractivity (Wildman–Crippen MR) is 38.3 cm³/mol. The van der Waals surface area contributed by atoms with Gasteiger partial charge in [-0.15, -0.1) is 0 Å². The van der Waals surface area contributed by atoms with E-state index >= 15 is 0 Å². The Bertz CT molecular complexity index is 122. The van der Waals surface area contributed by atoms with E-state index in [1.54, 1.807) is 0 Å². The fourth-order valence-corrected chi connectivity index (χ4v) is 2.61. The van der Waals surface area contributed by atoms with Crippen molar-refractivity contribution < 1.29 is 0 Å². The Labute approximate surface area is 57.0 Å². The van der Waals surface area contributed by atoms with Gasteiger partial charge in [0.1, 0.15) is 0 Å². The normalized spacial score (nSPS) is 50.7. The van der Waals surface area contributed by atoms with Crippen LogP contribution in [0.25, 0.3) is 0 Å². The minimum atomic E-state index is 0.940. The first-order valence-electron chi connectivity index (χ1n) is 3.99. The number of likely N-dealkylation sites (tertiary alicyclic amines) is 1. The molecule has 0 aromatic heterocycles. The summed E-state index contributed by atoms with van der Waals surface area (Å²) >= 11 is 0. The summed E-state index contributed by atoms with van der Waals surface area (Å²) in [5.74, 6) is 2.04. The Morgan fingerprint density at radius 2 is 2.11 bits per heavy atom. The lowest BCUT2D eigenvalue weighted by Gasteiger charge is -2.21. The molecule has 1 saturated heterocycles. The first kappa shape index (κ1) is 5.72. The van der Waals surface area contributed by atoms with Crippen molar-refractivity contribution in [1.82, 2.24) is 4.90 Å². The Morgan fingerprint density at radius 1 is 1.33 bits per heavy atom. The van der Waals surface area contributed by atoms with Crippen LogP contribution in [-0.2, 0) is 0 Å². The molecule has 52 valence electrons. The van der Waals surface area contributed by atoms with Gasteiger partial charge in [-0.05, 0) is 31.7 Å².